The van der Waals surface area contributed by atoms with Crippen molar-refractivity contribution < 1.29 is 14.7 Å². The Labute approximate surface area is 224 Å². The van der Waals surface area contributed by atoms with Crippen LogP contribution in [0, 0.1) is 11.8 Å². The van der Waals surface area contributed by atoms with Gasteiger partial charge in [0.2, 0.25) is 5.95 Å². The van der Waals surface area contributed by atoms with Crippen molar-refractivity contribution in [2.75, 3.05) is 23.7 Å². The molecule has 2 amide bonds. The van der Waals surface area contributed by atoms with Crippen molar-refractivity contribution in [2.45, 2.75) is 32.6 Å². The number of anilines is 2. The Balaban J connectivity index is 1.36. The molecule has 4 N–H and O–H groups in total. The van der Waals surface area contributed by atoms with E-state index >= 15 is 0 Å². The van der Waals surface area contributed by atoms with E-state index in [0.717, 1.165) is 64.8 Å². The summed E-state index contributed by atoms with van der Waals surface area (Å²) in [5.74, 6) is 0.0614. The molecule has 38 heavy (non-hydrogen) atoms. The van der Waals surface area contributed by atoms with E-state index in [1.54, 1.807) is 18.6 Å². The molecule has 1 aliphatic rings. The number of carbonyl (C=O) groups excluding carboxylic acids is 1. The number of nitrogens with one attached hydrogen (secondary N) is 3. The van der Waals surface area contributed by atoms with Crippen LogP contribution in [0.25, 0.3) is 32.6 Å². The molecule has 0 saturated heterocycles. The maximum Gasteiger partial charge on any atom is 0.321 e. The number of carboxylic acids is 1. The number of aromatic nitrogens is 4. The van der Waals surface area contributed by atoms with Gasteiger partial charge in [-0.25, -0.2) is 19.7 Å². The Hall–Kier alpha value is -4.12. The zero-order valence-corrected chi connectivity index (χ0v) is 21.8. The van der Waals surface area contributed by atoms with Crippen molar-refractivity contribution >= 4 is 44.6 Å². The van der Waals surface area contributed by atoms with E-state index in [2.05, 4.69) is 35.9 Å². The zero-order chi connectivity index (χ0) is 26.5. The smallest absolute Gasteiger partial charge is 0.321 e. The van der Waals surface area contributed by atoms with Crippen LogP contribution in [-0.2, 0) is 4.79 Å². The summed E-state index contributed by atoms with van der Waals surface area (Å²) in [5.41, 5.74) is 4.21. The molecule has 1 aromatic carbocycles. The van der Waals surface area contributed by atoms with Crippen LogP contribution < -0.4 is 16.0 Å². The van der Waals surface area contributed by atoms with Gasteiger partial charge in [-0.1, -0.05) is 17.4 Å². The van der Waals surface area contributed by atoms with Crippen molar-refractivity contribution in [3.8, 4) is 22.4 Å². The summed E-state index contributed by atoms with van der Waals surface area (Å²) in [4.78, 5) is 41.4. The van der Waals surface area contributed by atoms with E-state index in [-0.39, 0.29) is 11.9 Å². The van der Waals surface area contributed by atoms with E-state index in [9.17, 15) is 14.7 Å². The van der Waals surface area contributed by atoms with Crippen molar-refractivity contribution in [2.24, 2.45) is 11.8 Å². The Bertz CT molecular complexity index is 1420. The van der Waals surface area contributed by atoms with E-state index in [4.69, 9.17) is 0 Å². The van der Waals surface area contributed by atoms with E-state index < -0.39 is 5.97 Å². The first kappa shape index (κ1) is 25.5. The number of thiazole rings is 1. The molecule has 0 spiro atoms. The van der Waals surface area contributed by atoms with Gasteiger partial charge in [0.05, 0.1) is 21.8 Å². The number of benzene rings is 1. The first-order chi connectivity index (χ1) is 18.5. The highest BCUT2D eigenvalue weighted by atomic mass is 32.1. The maximum absolute atomic E-state index is 12.0. The fourth-order valence-corrected chi connectivity index (χ4v) is 5.65. The number of carbonyl (C=O) groups is 2. The Kier molecular flexibility index (Phi) is 7.73. The number of pyridine rings is 1. The highest BCUT2D eigenvalue weighted by Gasteiger charge is 2.25. The lowest BCUT2D eigenvalue weighted by Gasteiger charge is -2.26. The molecule has 3 aromatic heterocycles. The van der Waals surface area contributed by atoms with Gasteiger partial charge in [-0.15, -0.1) is 0 Å². The van der Waals surface area contributed by atoms with Crippen LogP contribution >= 0.6 is 11.3 Å². The third-order valence-electron chi connectivity index (χ3n) is 6.72. The number of hydrogen-bond donors (Lipinski definition) is 4. The second-order valence-corrected chi connectivity index (χ2v) is 10.3. The number of nitrogens with zero attached hydrogens (tertiary/aromatic N) is 4. The quantitative estimate of drug-likeness (QED) is 0.241. The fourth-order valence-electron chi connectivity index (χ4n) is 4.68. The number of urea groups is 1. The lowest BCUT2D eigenvalue weighted by atomic mass is 9.82. The topological polar surface area (TPSA) is 142 Å². The summed E-state index contributed by atoms with van der Waals surface area (Å²) < 4.78 is 0.927. The Morgan fingerprint density at radius 1 is 1.05 bits per heavy atom. The predicted octanol–water partition coefficient (Wildman–Crippen LogP) is 5.26. The number of hydrogen-bond acceptors (Lipinski definition) is 8. The lowest BCUT2D eigenvalue weighted by Crippen LogP contribution is -2.28. The Morgan fingerprint density at radius 3 is 2.53 bits per heavy atom. The Morgan fingerprint density at radius 2 is 1.84 bits per heavy atom. The van der Waals surface area contributed by atoms with E-state index in [1.807, 2.05) is 37.3 Å². The van der Waals surface area contributed by atoms with E-state index in [1.165, 1.54) is 11.3 Å². The maximum atomic E-state index is 12.0. The van der Waals surface area contributed by atoms with Crippen LogP contribution in [0.5, 0.6) is 0 Å². The molecule has 0 bridgehead atoms. The third-order valence-corrected chi connectivity index (χ3v) is 7.74. The minimum atomic E-state index is -0.688. The molecule has 3 heterocycles. The lowest BCUT2D eigenvalue weighted by molar-refractivity contribution is -0.143. The van der Waals surface area contributed by atoms with Crippen LogP contribution in [0.2, 0.25) is 0 Å². The fraction of sp³-hybridized carbons (Fsp3) is 0.333. The molecule has 10 nitrogen and oxygen atoms in total. The molecule has 0 atom stereocenters. The van der Waals surface area contributed by atoms with Crippen LogP contribution in [0.15, 0.2) is 48.9 Å². The van der Waals surface area contributed by atoms with Gasteiger partial charge in [-0.05, 0) is 68.4 Å². The molecule has 1 saturated carbocycles. The zero-order valence-electron chi connectivity index (χ0n) is 21.0. The van der Waals surface area contributed by atoms with Gasteiger partial charge < -0.3 is 15.7 Å². The molecule has 1 fully saturated rings. The van der Waals surface area contributed by atoms with Crippen LogP contribution in [0.1, 0.15) is 32.6 Å². The number of fused-ring (bicyclic) bond motifs is 1. The van der Waals surface area contributed by atoms with Crippen LogP contribution in [-0.4, -0.2) is 50.1 Å². The largest absolute Gasteiger partial charge is 0.481 e. The van der Waals surface area contributed by atoms with Gasteiger partial charge in [0.15, 0.2) is 5.13 Å². The number of aliphatic carboxylic acids is 1. The molecule has 4 aromatic rings. The highest BCUT2D eigenvalue weighted by molar-refractivity contribution is 7.22. The van der Waals surface area contributed by atoms with Crippen molar-refractivity contribution in [1.29, 1.82) is 0 Å². The predicted molar refractivity (Wildman–Crippen MR) is 148 cm³/mol. The third kappa shape index (κ3) is 5.88. The second kappa shape index (κ2) is 11.5. The van der Waals surface area contributed by atoms with Gasteiger partial charge in [-0.3, -0.25) is 15.1 Å². The second-order valence-electron chi connectivity index (χ2n) is 9.32. The summed E-state index contributed by atoms with van der Waals surface area (Å²) in [5, 5.41) is 18.5. The molecule has 0 unspecified atom stereocenters. The van der Waals surface area contributed by atoms with Crippen LogP contribution in [0.3, 0.4) is 0 Å². The number of rotatable bonds is 8. The SMILES string of the molecule is CCNC(=O)Nc1nc2cc(-c3cnc(NCC4CCC(C(=O)O)CC4)nc3)cc(-c3ccccn3)c2s1. The molecular formula is C27H29N7O3S. The minimum absolute atomic E-state index is 0.215. The van der Waals surface area contributed by atoms with Gasteiger partial charge in [-0.2, -0.15) is 0 Å². The monoisotopic (exact) mass is 531 g/mol. The molecule has 0 radical (unpaired) electrons. The average Bonchev–Trinajstić information content (AvgIpc) is 3.34. The van der Waals surface area contributed by atoms with Gasteiger partial charge in [0.25, 0.3) is 0 Å². The minimum Gasteiger partial charge on any atom is -0.481 e. The van der Waals surface area contributed by atoms with Crippen molar-refractivity contribution in [1.82, 2.24) is 25.3 Å². The number of carboxylic acid groups (broad SMARTS) is 1. The summed E-state index contributed by atoms with van der Waals surface area (Å²) >= 11 is 1.40. The standard InChI is InChI=1S/C27H29N7O3S/c1-2-28-26(37)34-27-33-22-12-18(11-20(23(22)38-27)21-5-3-4-10-29-21)19-14-31-25(32-15-19)30-13-16-6-8-17(9-7-16)24(35)36/h3-5,10-12,14-17H,2,6-9,13H2,1H3,(H,35,36)(H,30,31,32)(H2,28,33,34,37). The molecule has 196 valence electrons. The molecule has 5 rings (SSSR count). The first-order valence-electron chi connectivity index (χ1n) is 12.7. The molecule has 0 aliphatic heterocycles. The van der Waals surface area contributed by atoms with Crippen molar-refractivity contribution in [3.63, 3.8) is 0 Å². The van der Waals surface area contributed by atoms with Crippen LogP contribution in [0.4, 0.5) is 15.9 Å². The normalized spacial score (nSPS) is 17.2. The summed E-state index contributed by atoms with van der Waals surface area (Å²) in [6.45, 7) is 3.11. The summed E-state index contributed by atoms with van der Waals surface area (Å²) in [7, 11) is 0. The molecular weight excluding hydrogens is 502 g/mol. The first-order valence-corrected chi connectivity index (χ1v) is 13.5. The summed E-state index contributed by atoms with van der Waals surface area (Å²) in [6.07, 6.45) is 8.53. The number of amides is 2. The van der Waals surface area contributed by atoms with Gasteiger partial charge >= 0.3 is 12.0 Å². The van der Waals surface area contributed by atoms with Gasteiger partial charge in [0, 0.05) is 42.8 Å². The van der Waals surface area contributed by atoms with Crippen molar-refractivity contribution in [3.05, 3.63) is 48.9 Å². The highest BCUT2D eigenvalue weighted by Crippen LogP contribution is 2.38. The molecule has 11 heteroatoms. The average molecular weight is 532 g/mol. The molecule has 1 aliphatic carbocycles. The van der Waals surface area contributed by atoms with Gasteiger partial charge in [0.1, 0.15) is 0 Å². The summed E-state index contributed by atoms with van der Waals surface area (Å²) in [6, 6.07) is 9.48. The van der Waals surface area contributed by atoms with E-state index in [0.29, 0.717) is 23.5 Å².